The van der Waals surface area contributed by atoms with Gasteiger partial charge in [0, 0.05) is 5.56 Å². The molecule has 2 aromatic carbocycles. The fourth-order valence-corrected chi connectivity index (χ4v) is 4.01. The molecule has 4 rings (SSSR count). The maximum atomic E-state index is 13.1. The second kappa shape index (κ2) is 7.36. The summed E-state index contributed by atoms with van der Waals surface area (Å²) in [6.07, 6.45) is 1.55. The van der Waals surface area contributed by atoms with E-state index in [4.69, 9.17) is 8.83 Å². The van der Waals surface area contributed by atoms with Crippen molar-refractivity contribution >= 4 is 15.7 Å². The van der Waals surface area contributed by atoms with E-state index < -0.39 is 9.84 Å². The van der Waals surface area contributed by atoms with Crippen molar-refractivity contribution in [2.45, 2.75) is 23.4 Å². The lowest BCUT2D eigenvalue weighted by molar-refractivity contribution is 0.511. The van der Waals surface area contributed by atoms with E-state index >= 15 is 0 Å². The minimum Gasteiger partial charge on any atom is -0.467 e. The molecule has 28 heavy (non-hydrogen) atoms. The molecule has 1 N–H and O–H groups in total. The quantitative estimate of drug-likeness (QED) is 0.511. The first kappa shape index (κ1) is 18.1. The van der Waals surface area contributed by atoms with Crippen molar-refractivity contribution in [2.75, 3.05) is 5.32 Å². The summed E-state index contributed by atoms with van der Waals surface area (Å²) < 4.78 is 37.4. The summed E-state index contributed by atoms with van der Waals surface area (Å²) in [6, 6.07) is 19.2. The first-order valence-electron chi connectivity index (χ1n) is 8.68. The monoisotopic (exact) mass is 394 g/mol. The Morgan fingerprint density at radius 1 is 0.964 bits per heavy atom. The van der Waals surface area contributed by atoms with Gasteiger partial charge in [-0.25, -0.2) is 8.42 Å². The number of aromatic nitrogens is 1. The van der Waals surface area contributed by atoms with Crippen molar-refractivity contribution in [3.63, 3.8) is 0 Å². The predicted octanol–water partition coefficient (Wildman–Crippen LogP) is 4.69. The summed E-state index contributed by atoms with van der Waals surface area (Å²) in [7, 11) is -3.85. The van der Waals surface area contributed by atoms with Crippen LogP contribution in [0, 0.1) is 6.92 Å². The Kier molecular flexibility index (Phi) is 4.75. The molecule has 142 valence electrons. The zero-order valence-corrected chi connectivity index (χ0v) is 15.9. The van der Waals surface area contributed by atoms with Gasteiger partial charge in [0.05, 0.1) is 17.7 Å². The van der Waals surface area contributed by atoms with Crippen molar-refractivity contribution in [1.29, 1.82) is 0 Å². The molecule has 7 heteroatoms. The molecular weight excluding hydrogens is 376 g/mol. The second-order valence-corrected chi connectivity index (χ2v) is 8.13. The Morgan fingerprint density at radius 2 is 1.71 bits per heavy atom. The number of oxazole rings is 1. The van der Waals surface area contributed by atoms with Crippen LogP contribution in [0.3, 0.4) is 0 Å². The maximum absolute atomic E-state index is 13.1. The van der Waals surface area contributed by atoms with Gasteiger partial charge < -0.3 is 14.2 Å². The molecule has 0 bridgehead atoms. The third-order valence-corrected chi connectivity index (χ3v) is 5.88. The summed E-state index contributed by atoms with van der Waals surface area (Å²) in [5.74, 6) is 0.962. The lowest BCUT2D eigenvalue weighted by Gasteiger charge is -2.04. The molecule has 4 aromatic rings. The van der Waals surface area contributed by atoms with Crippen LogP contribution in [-0.2, 0) is 16.4 Å². The van der Waals surface area contributed by atoms with Gasteiger partial charge in [-0.05, 0) is 43.3 Å². The average molecular weight is 394 g/mol. The minimum atomic E-state index is -3.85. The largest absolute Gasteiger partial charge is 0.467 e. The van der Waals surface area contributed by atoms with Gasteiger partial charge in [-0.15, -0.1) is 0 Å². The average Bonchev–Trinajstić information content (AvgIpc) is 3.38. The van der Waals surface area contributed by atoms with Gasteiger partial charge in [0.1, 0.15) is 5.76 Å². The van der Waals surface area contributed by atoms with Crippen LogP contribution in [0.25, 0.3) is 11.5 Å². The van der Waals surface area contributed by atoms with E-state index in [1.807, 2.05) is 31.2 Å². The van der Waals surface area contributed by atoms with Crippen LogP contribution in [0.15, 0.2) is 91.7 Å². The zero-order valence-electron chi connectivity index (χ0n) is 15.1. The number of aryl methyl sites for hydroxylation is 1. The number of nitrogens with one attached hydrogen (secondary N) is 1. The van der Waals surface area contributed by atoms with E-state index in [0.29, 0.717) is 11.3 Å². The molecule has 2 aromatic heterocycles. The normalized spacial score (nSPS) is 11.5. The van der Waals surface area contributed by atoms with Gasteiger partial charge in [0.15, 0.2) is 0 Å². The highest BCUT2D eigenvalue weighted by atomic mass is 32.2. The summed E-state index contributed by atoms with van der Waals surface area (Å²) >= 11 is 0. The molecular formula is C21H18N2O4S. The third kappa shape index (κ3) is 3.57. The number of hydrogen-bond donors (Lipinski definition) is 1. The first-order valence-corrected chi connectivity index (χ1v) is 10.2. The molecule has 0 saturated carbocycles. The molecule has 0 aliphatic heterocycles. The molecule has 0 radical (unpaired) electrons. The van der Waals surface area contributed by atoms with Crippen LogP contribution < -0.4 is 5.32 Å². The predicted molar refractivity (Wildman–Crippen MR) is 105 cm³/mol. The van der Waals surface area contributed by atoms with E-state index in [2.05, 4.69) is 10.3 Å². The topological polar surface area (TPSA) is 85.3 Å². The number of anilines is 1. The fourth-order valence-electron chi connectivity index (χ4n) is 2.71. The van der Waals surface area contributed by atoms with Crippen molar-refractivity contribution < 1.29 is 17.3 Å². The van der Waals surface area contributed by atoms with Crippen LogP contribution in [-0.4, -0.2) is 13.4 Å². The number of benzene rings is 2. The van der Waals surface area contributed by atoms with Gasteiger partial charge in [-0.2, -0.15) is 4.98 Å². The molecule has 6 nitrogen and oxygen atoms in total. The molecule has 0 amide bonds. The van der Waals surface area contributed by atoms with Gasteiger partial charge >= 0.3 is 0 Å². The maximum Gasteiger partial charge on any atom is 0.234 e. The number of sulfone groups is 1. The van der Waals surface area contributed by atoms with Crippen molar-refractivity contribution in [1.82, 2.24) is 4.98 Å². The van der Waals surface area contributed by atoms with E-state index in [0.717, 1.165) is 5.56 Å². The summed E-state index contributed by atoms with van der Waals surface area (Å²) in [6.45, 7) is 2.24. The lowest BCUT2D eigenvalue weighted by Crippen LogP contribution is -2.07. The Labute approximate surface area is 162 Å². The first-order chi connectivity index (χ1) is 13.5. The minimum absolute atomic E-state index is 0.0795. The Hall–Kier alpha value is -3.32. The Bertz CT molecular complexity index is 1160. The number of rotatable bonds is 6. The highest BCUT2D eigenvalue weighted by molar-refractivity contribution is 7.91. The van der Waals surface area contributed by atoms with Gasteiger partial charge in [0.25, 0.3) is 0 Å². The zero-order chi connectivity index (χ0) is 19.6. The lowest BCUT2D eigenvalue weighted by atomic mass is 10.1. The van der Waals surface area contributed by atoms with Crippen molar-refractivity contribution in [2.24, 2.45) is 0 Å². The smallest absolute Gasteiger partial charge is 0.234 e. The molecule has 0 atom stereocenters. The Balaban J connectivity index is 1.77. The SMILES string of the molecule is Cc1ccc(-c2nc(S(=O)(=O)c3ccccc3)c(NCc3ccco3)o2)cc1. The highest BCUT2D eigenvalue weighted by Crippen LogP contribution is 2.32. The van der Waals surface area contributed by atoms with Gasteiger partial charge in [-0.3, -0.25) is 0 Å². The van der Waals surface area contributed by atoms with E-state index in [9.17, 15) is 8.42 Å². The molecule has 0 aliphatic rings. The molecule has 0 saturated heterocycles. The standard InChI is InChI=1S/C21H18N2O4S/c1-15-9-11-16(12-10-15)19-23-21(28(24,25)18-7-3-2-4-8-18)20(27-19)22-14-17-6-5-13-26-17/h2-13,22H,14H2,1H3. The van der Waals surface area contributed by atoms with E-state index in [1.165, 1.54) is 12.1 Å². The third-order valence-electron chi connectivity index (χ3n) is 4.21. The van der Waals surface area contributed by atoms with Crippen LogP contribution in [0.2, 0.25) is 0 Å². The highest BCUT2D eigenvalue weighted by Gasteiger charge is 2.28. The summed E-state index contributed by atoms with van der Waals surface area (Å²) in [5.41, 5.74) is 1.78. The summed E-state index contributed by atoms with van der Waals surface area (Å²) in [5, 5.41) is 2.84. The van der Waals surface area contributed by atoms with Crippen molar-refractivity contribution in [3.05, 3.63) is 84.3 Å². The fraction of sp³-hybridized carbons (Fsp3) is 0.0952. The molecule has 2 heterocycles. The van der Waals surface area contributed by atoms with Crippen LogP contribution >= 0.6 is 0 Å². The Morgan fingerprint density at radius 3 is 2.39 bits per heavy atom. The molecule has 0 fully saturated rings. The molecule has 0 aliphatic carbocycles. The molecule has 0 unspecified atom stereocenters. The van der Waals surface area contributed by atoms with Crippen LogP contribution in [0.4, 0.5) is 5.88 Å². The van der Waals surface area contributed by atoms with E-state index in [-0.39, 0.29) is 28.2 Å². The van der Waals surface area contributed by atoms with Gasteiger partial charge in [-0.1, -0.05) is 35.9 Å². The number of nitrogens with zero attached hydrogens (tertiary/aromatic N) is 1. The summed E-state index contributed by atoms with van der Waals surface area (Å²) in [4.78, 5) is 4.46. The van der Waals surface area contributed by atoms with Crippen LogP contribution in [0.1, 0.15) is 11.3 Å². The van der Waals surface area contributed by atoms with Crippen molar-refractivity contribution in [3.8, 4) is 11.5 Å². The number of furan rings is 1. The van der Waals surface area contributed by atoms with E-state index in [1.54, 1.807) is 36.6 Å². The second-order valence-electron chi connectivity index (χ2n) is 6.27. The van der Waals surface area contributed by atoms with Crippen LogP contribution in [0.5, 0.6) is 0 Å². The number of hydrogen-bond acceptors (Lipinski definition) is 6. The molecule has 0 spiro atoms. The van der Waals surface area contributed by atoms with Gasteiger partial charge in [0.2, 0.25) is 26.6 Å².